The molecule has 1 aromatic rings. The van der Waals surface area contributed by atoms with Crippen molar-refractivity contribution in [2.24, 2.45) is 0 Å². The lowest BCUT2D eigenvalue weighted by atomic mass is 10.0. The third kappa shape index (κ3) is 2.80. The minimum Gasteiger partial charge on any atom is -0.501 e. The predicted octanol–water partition coefficient (Wildman–Crippen LogP) is 1.14. The highest BCUT2D eigenvalue weighted by atomic mass is 16.6. The first kappa shape index (κ1) is 17.4. The molecule has 1 aromatic carbocycles. The highest BCUT2D eigenvalue weighted by Gasteiger charge is 2.40. The molecule has 1 saturated heterocycles. The van der Waals surface area contributed by atoms with Crippen LogP contribution >= 0.6 is 0 Å². The van der Waals surface area contributed by atoms with Crippen LogP contribution in [-0.4, -0.2) is 54.3 Å². The van der Waals surface area contributed by atoms with Crippen molar-refractivity contribution < 1.29 is 29.2 Å². The smallest absolute Gasteiger partial charge is 0.344 e. The number of nitro benzene ring substituents is 2. The molecule has 1 heterocycles. The van der Waals surface area contributed by atoms with Crippen molar-refractivity contribution >= 4 is 23.0 Å². The normalized spacial score (nSPS) is 14.3. The number of carbonyl (C=O) groups excluding carboxylic acids is 1. The van der Waals surface area contributed by atoms with E-state index in [9.17, 15) is 30.1 Å². The minimum atomic E-state index is -1.10. The van der Waals surface area contributed by atoms with Gasteiger partial charge < -0.3 is 19.5 Å². The van der Waals surface area contributed by atoms with E-state index < -0.39 is 38.5 Å². The molecule has 130 valence electrons. The molecule has 1 aliphatic rings. The van der Waals surface area contributed by atoms with Gasteiger partial charge in [0.1, 0.15) is 16.8 Å². The summed E-state index contributed by atoms with van der Waals surface area (Å²) < 4.78 is 9.73. The van der Waals surface area contributed by atoms with E-state index in [1.165, 1.54) is 4.90 Å². The lowest BCUT2D eigenvalue weighted by Gasteiger charge is -2.30. The number of phenols is 1. The SMILES string of the molecule is COC(=O)c1c(O)c([N+](=O)[O-])c(C)c([N+](=O)[O-])c1N1CCOCC1. The highest BCUT2D eigenvalue weighted by molar-refractivity contribution is 6.04. The van der Waals surface area contributed by atoms with Crippen LogP contribution in [0, 0.1) is 27.2 Å². The minimum absolute atomic E-state index is 0.198. The van der Waals surface area contributed by atoms with Crippen LogP contribution in [0.4, 0.5) is 17.1 Å². The summed E-state index contributed by atoms with van der Waals surface area (Å²) in [6.07, 6.45) is 0. The molecule has 1 aliphatic heterocycles. The number of nitrogens with zero attached hydrogens (tertiary/aromatic N) is 3. The Balaban J connectivity index is 2.89. The molecule has 24 heavy (non-hydrogen) atoms. The average molecular weight is 341 g/mol. The maximum absolute atomic E-state index is 12.1. The molecular formula is C13H15N3O8. The number of anilines is 1. The number of benzene rings is 1. The Morgan fingerprint density at radius 3 is 2.21 bits per heavy atom. The molecule has 0 atom stereocenters. The van der Waals surface area contributed by atoms with Crippen LogP contribution in [0.15, 0.2) is 0 Å². The van der Waals surface area contributed by atoms with Crippen LogP contribution in [0.5, 0.6) is 5.75 Å². The van der Waals surface area contributed by atoms with E-state index in [1.807, 2.05) is 0 Å². The predicted molar refractivity (Wildman–Crippen MR) is 80.5 cm³/mol. The summed E-state index contributed by atoms with van der Waals surface area (Å²) in [7, 11) is 1.02. The average Bonchev–Trinajstić information content (AvgIpc) is 2.53. The van der Waals surface area contributed by atoms with E-state index in [-0.39, 0.29) is 37.6 Å². The number of rotatable bonds is 4. The van der Waals surface area contributed by atoms with Gasteiger partial charge in [-0.25, -0.2) is 4.79 Å². The third-order valence-electron chi connectivity index (χ3n) is 3.71. The highest BCUT2D eigenvalue weighted by Crippen LogP contribution is 2.47. The fourth-order valence-electron chi connectivity index (χ4n) is 2.65. The second-order valence-corrected chi connectivity index (χ2v) is 5.00. The zero-order valence-electron chi connectivity index (χ0n) is 13.0. The van der Waals surface area contributed by atoms with Gasteiger partial charge in [0.25, 0.3) is 0 Å². The fraction of sp³-hybridized carbons (Fsp3) is 0.462. The summed E-state index contributed by atoms with van der Waals surface area (Å²) in [5, 5.41) is 33.0. The van der Waals surface area contributed by atoms with Crippen LogP contribution in [0.3, 0.4) is 0 Å². The Labute approximate surface area is 135 Å². The number of hydrogen-bond acceptors (Lipinski definition) is 9. The Morgan fingerprint density at radius 2 is 1.75 bits per heavy atom. The molecule has 2 rings (SSSR count). The first-order valence-corrected chi connectivity index (χ1v) is 6.90. The fourth-order valence-corrected chi connectivity index (χ4v) is 2.65. The van der Waals surface area contributed by atoms with Crippen molar-refractivity contribution in [1.82, 2.24) is 0 Å². The second kappa shape index (κ2) is 6.66. The zero-order valence-corrected chi connectivity index (χ0v) is 13.0. The van der Waals surface area contributed by atoms with Gasteiger partial charge in [0.05, 0.1) is 30.2 Å². The number of carbonyl (C=O) groups is 1. The Hall–Kier alpha value is -2.95. The van der Waals surface area contributed by atoms with Gasteiger partial charge in [0.2, 0.25) is 5.75 Å². The number of esters is 1. The van der Waals surface area contributed by atoms with E-state index in [0.717, 1.165) is 14.0 Å². The van der Waals surface area contributed by atoms with Crippen LogP contribution in [-0.2, 0) is 9.47 Å². The third-order valence-corrected chi connectivity index (χ3v) is 3.71. The Bertz CT molecular complexity index is 712. The van der Waals surface area contributed by atoms with Gasteiger partial charge in [0, 0.05) is 13.1 Å². The lowest BCUT2D eigenvalue weighted by molar-refractivity contribution is -0.395. The maximum atomic E-state index is 12.1. The first-order chi connectivity index (χ1) is 11.3. The molecule has 0 saturated carbocycles. The van der Waals surface area contributed by atoms with Gasteiger partial charge in [-0.1, -0.05) is 0 Å². The summed E-state index contributed by atoms with van der Waals surface area (Å²) in [6, 6.07) is 0. The Kier molecular flexibility index (Phi) is 4.83. The van der Waals surface area contributed by atoms with Crippen molar-refractivity contribution in [1.29, 1.82) is 0 Å². The van der Waals surface area contributed by atoms with Crippen LogP contribution < -0.4 is 4.90 Å². The van der Waals surface area contributed by atoms with E-state index >= 15 is 0 Å². The standard InChI is InChI=1S/C13H15N3O8/c1-7-9(15(19)20)11(14-3-5-24-6-4-14)8(13(18)23-2)12(17)10(7)16(21)22/h17H,3-6H2,1-2H3. The molecule has 0 aliphatic carbocycles. The van der Waals surface area contributed by atoms with Gasteiger partial charge in [-0.3, -0.25) is 20.2 Å². The zero-order chi connectivity index (χ0) is 18.0. The van der Waals surface area contributed by atoms with Crippen molar-refractivity contribution in [2.45, 2.75) is 6.92 Å². The van der Waals surface area contributed by atoms with Crippen molar-refractivity contribution in [3.05, 3.63) is 31.4 Å². The van der Waals surface area contributed by atoms with Crippen molar-refractivity contribution in [3.63, 3.8) is 0 Å². The van der Waals surface area contributed by atoms with Crippen LogP contribution in [0.2, 0.25) is 0 Å². The number of hydrogen-bond donors (Lipinski definition) is 1. The van der Waals surface area contributed by atoms with E-state index in [4.69, 9.17) is 4.74 Å². The number of phenolic OH excluding ortho intramolecular Hbond substituents is 1. The summed E-state index contributed by atoms with van der Waals surface area (Å²) in [6.45, 7) is 2.12. The molecule has 0 amide bonds. The van der Waals surface area contributed by atoms with E-state index in [1.54, 1.807) is 0 Å². The quantitative estimate of drug-likeness (QED) is 0.484. The molecule has 1 N–H and O–H groups in total. The number of aromatic hydroxyl groups is 1. The molecule has 1 fully saturated rings. The number of methoxy groups -OCH3 is 1. The summed E-state index contributed by atoms with van der Waals surface area (Å²) in [5.74, 6) is -2.04. The van der Waals surface area contributed by atoms with Gasteiger partial charge >= 0.3 is 17.3 Å². The largest absolute Gasteiger partial charge is 0.501 e. The molecule has 0 radical (unpaired) electrons. The maximum Gasteiger partial charge on any atom is 0.344 e. The van der Waals surface area contributed by atoms with Crippen LogP contribution in [0.25, 0.3) is 0 Å². The molecule has 11 heteroatoms. The van der Waals surface area contributed by atoms with E-state index in [0.29, 0.717) is 0 Å². The molecule has 0 bridgehead atoms. The lowest BCUT2D eigenvalue weighted by Crippen LogP contribution is -2.37. The summed E-state index contributed by atoms with van der Waals surface area (Å²) in [4.78, 5) is 34.5. The van der Waals surface area contributed by atoms with Gasteiger partial charge in [0.15, 0.2) is 0 Å². The van der Waals surface area contributed by atoms with Gasteiger partial charge in [-0.2, -0.15) is 0 Å². The molecule has 0 spiro atoms. The molecule has 0 unspecified atom stereocenters. The van der Waals surface area contributed by atoms with E-state index in [2.05, 4.69) is 4.74 Å². The number of morpholine rings is 1. The first-order valence-electron chi connectivity index (χ1n) is 6.90. The monoisotopic (exact) mass is 341 g/mol. The van der Waals surface area contributed by atoms with Gasteiger partial charge in [-0.05, 0) is 6.92 Å². The van der Waals surface area contributed by atoms with Crippen LogP contribution in [0.1, 0.15) is 15.9 Å². The Morgan fingerprint density at radius 1 is 1.21 bits per heavy atom. The topological polar surface area (TPSA) is 145 Å². The van der Waals surface area contributed by atoms with Crippen molar-refractivity contribution in [2.75, 3.05) is 38.3 Å². The summed E-state index contributed by atoms with van der Waals surface area (Å²) in [5.41, 5.74) is -2.63. The number of ether oxygens (including phenoxy) is 2. The molecular weight excluding hydrogens is 326 g/mol. The molecule has 0 aromatic heterocycles. The van der Waals surface area contributed by atoms with Crippen molar-refractivity contribution in [3.8, 4) is 5.75 Å². The second-order valence-electron chi connectivity index (χ2n) is 5.00. The number of nitro groups is 2. The summed E-state index contributed by atoms with van der Waals surface area (Å²) >= 11 is 0. The molecule has 11 nitrogen and oxygen atoms in total. The van der Waals surface area contributed by atoms with Gasteiger partial charge in [-0.15, -0.1) is 0 Å².